The third-order valence-corrected chi connectivity index (χ3v) is 4.60. The van der Waals surface area contributed by atoms with Crippen molar-refractivity contribution in [2.75, 3.05) is 11.9 Å². The first kappa shape index (κ1) is 16.4. The number of sulfone groups is 1. The lowest BCUT2D eigenvalue weighted by molar-refractivity contribution is -0.0435. The zero-order valence-electron chi connectivity index (χ0n) is 11.5. The molecule has 0 unspecified atom stereocenters. The topological polar surface area (TPSA) is 46.2 Å². The lowest BCUT2D eigenvalue weighted by atomic mass is 10.1. The van der Waals surface area contributed by atoms with Crippen molar-refractivity contribution in [2.24, 2.45) is 0 Å². The van der Waals surface area contributed by atoms with Crippen LogP contribution in [0.2, 0.25) is 0 Å². The summed E-state index contributed by atoms with van der Waals surface area (Å²) in [4.78, 5) is -0.754. The van der Waals surface area contributed by atoms with Crippen LogP contribution in [0, 0.1) is 0 Å². The number of alkyl halides is 3. The van der Waals surface area contributed by atoms with Crippen LogP contribution in [-0.2, 0) is 16.3 Å². The maximum atomic E-state index is 12.7. The Labute approximate surface area is 126 Å². The van der Waals surface area contributed by atoms with E-state index in [0.29, 0.717) is 13.0 Å². The Balaban J connectivity index is 2.16. The molecule has 2 aromatic rings. The molecule has 0 atom stereocenters. The standard InChI is InChI=1S/C15H14F3NO2S/c16-15(17,18)22(20,21)14-9-5-4-8-13(14)19-11-10-12-6-2-1-3-7-12/h1-9,19H,10-11H2. The molecular formula is C15H14F3NO2S. The molecule has 0 aliphatic rings. The summed E-state index contributed by atoms with van der Waals surface area (Å²) < 4.78 is 61.1. The number of para-hydroxylation sites is 1. The molecule has 0 aliphatic heterocycles. The van der Waals surface area contributed by atoms with E-state index in [1.165, 1.54) is 18.2 Å². The molecule has 0 aliphatic carbocycles. The maximum Gasteiger partial charge on any atom is 0.501 e. The third kappa shape index (κ3) is 3.59. The minimum absolute atomic E-state index is 0.0456. The highest BCUT2D eigenvalue weighted by molar-refractivity contribution is 7.92. The van der Waals surface area contributed by atoms with Crippen LogP contribution in [0.5, 0.6) is 0 Å². The number of hydrogen-bond acceptors (Lipinski definition) is 3. The number of anilines is 1. The molecule has 22 heavy (non-hydrogen) atoms. The number of nitrogens with one attached hydrogen (secondary N) is 1. The molecule has 7 heteroatoms. The van der Waals surface area contributed by atoms with E-state index in [1.54, 1.807) is 0 Å². The number of halogens is 3. The second kappa shape index (κ2) is 6.39. The summed E-state index contributed by atoms with van der Waals surface area (Å²) in [5, 5.41) is 2.76. The van der Waals surface area contributed by atoms with E-state index in [9.17, 15) is 21.6 Å². The largest absolute Gasteiger partial charge is 0.501 e. The molecule has 118 valence electrons. The first-order valence-corrected chi connectivity index (χ1v) is 7.99. The fourth-order valence-electron chi connectivity index (χ4n) is 1.96. The molecule has 3 nitrogen and oxygen atoms in total. The first-order chi connectivity index (χ1) is 10.3. The molecule has 0 heterocycles. The van der Waals surface area contributed by atoms with E-state index in [0.717, 1.165) is 11.6 Å². The minimum Gasteiger partial charge on any atom is -0.384 e. The third-order valence-electron chi connectivity index (χ3n) is 3.05. The highest BCUT2D eigenvalue weighted by atomic mass is 32.2. The van der Waals surface area contributed by atoms with Gasteiger partial charge in [0, 0.05) is 6.54 Å². The molecule has 2 rings (SSSR count). The SMILES string of the molecule is O=S(=O)(c1ccccc1NCCc1ccccc1)C(F)(F)F. The van der Waals surface area contributed by atoms with Gasteiger partial charge in [-0.2, -0.15) is 13.2 Å². The Morgan fingerprint density at radius 2 is 1.50 bits per heavy atom. The fourth-order valence-corrected chi connectivity index (χ4v) is 2.89. The molecule has 0 aromatic heterocycles. The zero-order valence-corrected chi connectivity index (χ0v) is 12.3. The average molecular weight is 329 g/mol. The highest BCUT2D eigenvalue weighted by Crippen LogP contribution is 2.34. The van der Waals surface area contributed by atoms with Gasteiger partial charge in [-0.1, -0.05) is 42.5 Å². The van der Waals surface area contributed by atoms with Crippen molar-refractivity contribution >= 4 is 15.5 Å². The molecule has 0 saturated heterocycles. The van der Waals surface area contributed by atoms with Crippen molar-refractivity contribution in [2.45, 2.75) is 16.8 Å². The van der Waals surface area contributed by atoms with E-state index >= 15 is 0 Å². The van der Waals surface area contributed by atoms with Crippen LogP contribution < -0.4 is 5.32 Å². The van der Waals surface area contributed by atoms with Crippen LogP contribution in [0.15, 0.2) is 59.5 Å². The predicted molar refractivity (Wildman–Crippen MR) is 78.3 cm³/mol. The molecule has 0 spiro atoms. The average Bonchev–Trinajstić information content (AvgIpc) is 2.47. The maximum absolute atomic E-state index is 12.7. The van der Waals surface area contributed by atoms with E-state index in [4.69, 9.17) is 0 Å². The zero-order chi connectivity index (χ0) is 16.2. The van der Waals surface area contributed by atoms with Crippen LogP contribution in [0.25, 0.3) is 0 Å². The Morgan fingerprint density at radius 3 is 2.14 bits per heavy atom. The lowest BCUT2D eigenvalue weighted by Crippen LogP contribution is -2.24. The van der Waals surface area contributed by atoms with Crippen molar-refractivity contribution < 1.29 is 21.6 Å². The molecule has 1 N–H and O–H groups in total. The van der Waals surface area contributed by atoms with Gasteiger partial charge in [0.1, 0.15) is 0 Å². The van der Waals surface area contributed by atoms with Gasteiger partial charge in [0.25, 0.3) is 9.84 Å². The number of hydrogen-bond donors (Lipinski definition) is 1. The summed E-state index contributed by atoms with van der Waals surface area (Å²) in [6, 6.07) is 14.4. The van der Waals surface area contributed by atoms with Crippen molar-refractivity contribution in [3.63, 3.8) is 0 Å². The van der Waals surface area contributed by atoms with Crippen LogP contribution >= 0.6 is 0 Å². The van der Waals surface area contributed by atoms with Crippen molar-refractivity contribution in [1.29, 1.82) is 0 Å². The van der Waals surface area contributed by atoms with Crippen molar-refractivity contribution in [3.8, 4) is 0 Å². The van der Waals surface area contributed by atoms with Crippen LogP contribution in [0.1, 0.15) is 5.56 Å². The highest BCUT2D eigenvalue weighted by Gasteiger charge is 2.47. The molecule has 0 amide bonds. The van der Waals surface area contributed by atoms with Gasteiger partial charge in [-0.05, 0) is 24.1 Å². The Bertz CT molecular complexity index is 728. The molecule has 0 fully saturated rings. The quantitative estimate of drug-likeness (QED) is 0.911. The smallest absolute Gasteiger partial charge is 0.384 e. The summed E-state index contributed by atoms with van der Waals surface area (Å²) in [5.74, 6) is 0. The normalized spacial score (nSPS) is 12.1. The lowest BCUT2D eigenvalue weighted by Gasteiger charge is -2.14. The second-order valence-electron chi connectivity index (χ2n) is 4.61. The van der Waals surface area contributed by atoms with Gasteiger partial charge < -0.3 is 5.32 Å². The van der Waals surface area contributed by atoms with E-state index in [-0.39, 0.29) is 5.69 Å². The summed E-state index contributed by atoms with van der Waals surface area (Å²) in [6.07, 6.45) is 0.571. The Hall–Kier alpha value is -2.02. The molecular weight excluding hydrogens is 315 g/mol. The van der Waals surface area contributed by atoms with Crippen molar-refractivity contribution in [3.05, 3.63) is 60.2 Å². The molecule has 0 saturated carbocycles. The van der Waals surface area contributed by atoms with Crippen LogP contribution in [0.3, 0.4) is 0 Å². The minimum atomic E-state index is -5.36. The van der Waals surface area contributed by atoms with E-state index in [2.05, 4.69) is 5.32 Å². The van der Waals surface area contributed by atoms with Gasteiger partial charge in [0.05, 0.1) is 10.6 Å². The van der Waals surface area contributed by atoms with E-state index in [1.807, 2.05) is 30.3 Å². The summed E-state index contributed by atoms with van der Waals surface area (Å²) in [7, 11) is -5.36. The first-order valence-electron chi connectivity index (χ1n) is 6.50. The van der Waals surface area contributed by atoms with Crippen LogP contribution in [-0.4, -0.2) is 20.5 Å². The number of benzene rings is 2. The summed E-state index contributed by atoms with van der Waals surface area (Å²) >= 11 is 0. The van der Waals surface area contributed by atoms with E-state index < -0.39 is 20.2 Å². The summed E-state index contributed by atoms with van der Waals surface area (Å²) in [6.45, 7) is 0.328. The van der Waals surface area contributed by atoms with Gasteiger partial charge >= 0.3 is 5.51 Å². The van der Waals surface area contributed by atoms with Gasteiger partial charge in [-0.15, -0.1) is 0 Å². The fraction of sp³-hybridized carbons (Fsp3) is 0.200. The van der Waals surface area contributed by atoms with Crippen LogP contribution in [0.4, 0.5) is 18.9 Å². The van der Waals surface area contributed by atoms with Gasteiger partial charge in [0.15, 0.2) is 0 Å². The van der Waals surface area contributed by atoms with Gasteiger partial charge in [-0.3, -0.25) is 0 Å². The van der Waals surface area contributed by atoms with Gasteiger partial charge in [-0.25, -0.2) is 8.42 Å². The van der Waals surface area contributed by atoms with Crippen molar-refractivity contribution in [1.82, 2.24) is 0 Å². The Morgan fingerprint density at radius 1 is 0.909 bits per heavy atom. The molecule has 0 radical (unpaired) electrons. The summed E-state index contributed by atoms with van der Waals surface area (Å²) in [5.41, 5.74) is -4.36. The Kier molecular flexibility index (Phi) is 4.75. The molecule has 2 aromatic carbocycles. The predicted octanol–water partition coefficient (Wildman–Crippen LogP) is 3.63. The second-order valence-corrected chi connectivity index (χ2v) is 6.52. The monoisotopic (exact) mass is 329 g/mol. The number of rotatable bonds is 5. The van der Waals surface area contributed by atoms with Gasteiger partial charge in [0.2, 0.25) is 0 Å². The molecule has 0 bridgehead atoms.